The van der Waals surface area contributed by atoms with Gasteiger partial charge in [0, 0.05) is 6.07 Å². The monoisotopic (exact) mass is 268 g/mol. The number of rotatable bonds is 2. The van der Waals surface area contributed by atoms with Crippen molar-refractivity contribution >= 4 is 17.4 Å². The largest absolute Gasteiger partial charge is 0.494 e. The number of halogens is 1. The van der Waals surface area contributed by atoms with E-state index in [2.05, 4.69) is 5.16 Å². The van der Waals surface area contributed by atoms with Crippen LogP contribution in [0, 0.1) is 0 Å². The first-order valence-electron chi connectivity index (χ1n) is 5.09. The van der Waals surface area contributed by atoms with Gasteiger partial charge in [-0.15, -0.1) is 0 Å². The van der Waals surface area contributed by atoms with Gasteiger partial charge in [0.25, 0.3) is 0 Å². The van der Waals surface area contributed by atoms with Crippen molar-refractivity contribution < 1.29 is 18.7 Å². The number of fused-ring (bicyclic) bond motifs is 1. The molecule has 0 fully saturated rings. The minimum absolute atomic E-state index is 0.125. The molecule has 2 N–H and O–H groups in total. The van der Waals surface area contributed by atoms with Gasteiger partial charge >= 0.3 is 0 Å². The molecule has 7 heteroatoms. The first-order valence-corrected chi connectivity index (χ1v) is 5.47. The van der Waals surface area contributed by atoms with Crippen molar-refractivity contribution in [3.05, 3.63) is 17.2 Å². The summed E-state index contributed by atoms with van der Waals surface area (Å²) in [6, 6.07) is 3.30. The van der Waals surface area contributed by atoms with Gasteiger partial charge in [-0.2, -0.15) is 0 Å². The van der Waals surface area contributed by atoms with Crippen molar-refractivity contribution in [1.82, 2.24) is 5.16 Å². The number of ether oxygens (including phenoxy) is 3. The van der Waals surface area contributed by atoms with Crippen molar-refractivity contribution in [3.8, 4) is 28.6 Å². The smallest absolute Gasteiger partial charge is 0.231 e. The third-order valence-electron chi connectivity index (χ3n) is 2.56. The Morgan fingerprint density at radius 1 is 1.39 bits per heavy atom. The van der Waals surface area contributed by atoms with Gasteiger partial charge in [0.1, 0.15) is 5.02 Å². The summed E-state index contributed by atoms with van der Waals surface area (Å²) in [5.41, 5.74) is 6.13. The van der Waals surface area contributed by atoms with Crippen LogP contribution in [0.5, 0.6) is 17.2 Å². The fraction of sp³-hybridized carbons (Fsp3) is 0.182. The Balaban J connectivity index is 2.23. The summed E-state index contributed by atoms with van der Waals surface area (Å²) in [6.07, 6.45) is 0. The second-order valence-electron chi connectivity index (χ2n) is 3.62. The maximum Gasteiger partial charge on any atom is 0.231 e. The molecular weight excluding hydrogens is 260 g/mol. The summed E-state index contributed by atoms with van der Waals surface area (Å²) in [4.78, 5) is 0. The molecule has 18 heavy (non-hydrogen) atoms. The fourth-order valence-corrected chi connectivity index (χ4v) is 2.11. The van der Waals surface area contributed by atoms with E-state index in [9.17, 15) is 0 Å². The second kappa shape index (κ2) is 3.99. The number of nitrogens with zero attached hydrogens (tertiary/aromatic N) is 1. The number of benzene rings is 1. The molecule has 0 amide bonds. The van der Waals surface area contributed by atoms with Crippen LogP contribution in [0.3, 0.4) is 0 Å². The predicted octanol–water partition coefficient (Wildman–Crippen LogP) is 2.31. The Kier molecular flexibility index (Phi) is 2.45. The first-order chi connectivity index (χ1) is 8.70. The van der Waals surface area contributed by atoms with Crippen molar-refractivity contribution in [2.24, 2.45) is 0 Å². The Morgan fingerprint density at radius 2 is 2.22 bits per heavy atom. The Morgan fingerprint density at radius 3 is 2.89 bits per heavy atom. The molecule has 1 aromatic carbocycles. The standard InChI is InChI=1S/C11H9ClN2O4/c1-15-10-5(6-3-8(13)14-18-6)2-7-11(9(10)12)17-4-16-7/h2-3H,4H2,1H3,(H2,13,14). The summed E-state index contributed by atoms with van der Waals surface area (Å²) in [5.74, 6) is 2.15. The summed E-state index contributed by atoms with van der Waals surface area (Å²) in [7, 11) is 1.51. The summed E-state index contributed by atoms with van der Waals surface area (Å²) < 4.78 is 20.9. The SMILES string of the molecule is COc1c(-c2cc(N)no2)cc2c(c1Cl)OCO2. The second-order valence-corrected chi connectivity index (χ2v) is 4.00. The highest BCUT2D eigenvalue weighted by atomic mass is 35.5. The van der Waals surface area contributed by atoms with Crippen LogP contribution in [0.25, 0.3) is 11.3 Å². The normalized spacial score (nSPS) is 12.8. The minimum atomic E-state index is 0.125. The molecule has 0 bridgehead atoms. The van der Waals surface area contributed by atoms with E-state index >= 15 is 0 Å². The minimum Gasteiger partial charge on any atom is -0.494 e. The molecule has 0 unspecified atom stereocenters. The topological polar surface area (TPSA) is 79.7 Å². The molecule has 0 atom stereocenters. The van der Waals surface area contributed by atoms with Crippen molar-refractivity contribution in [1.29, 1.82) is 0 Å². The molecule has 0 aliphatic carbocycles. The lowest BCUT2D eigenvalue weighted by atomic mass is 10.1. The predicted molar refractivity (Wildman–Crippen MR) is 64.0 cm³/mol. The van der Waals surface area contributed by atoms with E-state index in [1.807, 2.05) is 0 Å². The lowest BCUT2D eigenvalue weighted by molar-refractivity contribution is 0.174. The zero-order chi connectivity index (χ0) is 12.7. The van der Waals surface area contributed by atoms with Gasteiger partial charge in [-0.3, -0.25) is 0 Å². The molecular formula is C11H9ClN2O4. The molecule has 2 heterocycles. The van der Waals surface area contributed by atoms with Crippen LogP contribution in [0.2, 0.25) is 5.02 Å². The van der Waals surface area contributed by atoms with E-state index in [-0.39, 0.29) is 12.6 Å². The Hall–Kier alpha value is -2.08. The highest BCUT2D eigenvalue weighted by Crippen LogP contribution is 2.49. The molecule has 94 valence electrons. The van der Waals surface area contributed by atoms with E-state index in [1.165, 1.54) is 7.11 Å². The van der Waals surface area contributed by atoms with Crippen LogP contribution in [0.15, 0.2) is 16.7 Å². The van der Waals surface area contributed by atoms with Crippen LogP contribution in [0.4, 0.5) is 5.82 Å². The fourth-order valence-electron chi connectivity index (χ4n) is 1.78. The lowest BCUT2D eigenvalue weighted by Gasteiger charge is -2.09. The summed E-state index contributed by atoms with van der Waals surface area (Å²) >= 11 is 6.19. The van der Waals surface area contributed by atoms with E-state index in [1.54, 1.807) is 12.1 Å². The van der Waals surface area contributed by atoms with Crippen LogP contribution < -0.4 is 19.9 Å². The Labute approximate surface area is 107 Å². The molecule has 1 aromatic heterocycles. The van der Waals surface area contributed by atoms with Crippen molar-refractivity contribution in [3.63, 3.8) is 0 Å². The van der Waals surface area contributed by atoms with Gasteiger partial charge in [0.05, 0.1) is 12.7 Å². The van der Waals surface area contributed by atoms with Crippen molar-refractivity contribution in [2.75, 3.05) is 19.6 Å². The molecule has 2 aromatic rings. The maximum absolute atomic E-state index is 6.19. The van der Waals surface area contributed by atoms with Gasteiger partial charge in [0.15, 0.2) is 28.8 Å². The molecule has 3 rings (SSSR count). The number of methoxy groups -OCH3 is 1. The van der Waals surface area contributed by atoms with Gasteiger partial charge in [-0.05, 0) is 6.07 Å². The summed E-state index contributed by atoms with van der Waals surface area (Å²) in [6.45, 7) is 0.125. The number of anilines is 1. The molecule has 0 radical (unpaired) electrons. The molecule has 1 aliphatic heterocycles. The average Bonchev–Trinajstić information content (AvgIpc) is 2.97. The van der Waals surface area contributed by atoms with Crippen LogP contribution in [-0.4, -0.2) is 19.1 Å². The van der Waals surface area contributed by atoms with E-state index < -0.39 is 0 Å². The molecule has 0 saturated heterocycles. The van der Waals surface area contributed by atoms with Crippen molar-refractivity contribution in [2.45, 2.75) is 0 Å². The van der Waals surface area contributed by atoms with E-state index in [0.29, 0.717) is 33.6 Å². The Bertz CT molecular complexity index is 611. The van der Waals surface area contributed by atoms with E-state index in [4.69, 9.17) is 36.1 Å². The van der Waals surface area contributed by atoms with Crippen LogP contribution in [0.1, 0.15) is 0 Å². The molecule has 0 spiro atoms. The highest BCUT2D eigenvalue weighted by molar-refractivity contribution is 6.34. The molecule has 0 saturated carbocycles. The highest BCUT2D eigenvalue weighted by Gasteiger charge is 2.26. The lowest BCUT2D eigenvalue weighted by Crippen LogP contribution is -1.93. The third-order valence-corrected chi connectivity index (χ3v) is 2.90. The molecule has 6 nitrogen and oxygen atoms in total. The quantitative estimate of drug-likeness (QED) is 0.900. The van der Waals surface area contributed by atoms with Gasteiger partial charge in [-0.1, -0.05) is 16.8 Å². The van der Waals surface area contributed by atoms with Gasteiger partial charge < -0.3 is 24.5 Å². The zero-order valence-corrected chi connectivity index (χ0v) is 10.2. The molecule has 1 aliphatic rings. The number of hydrogen-bond donors (Lipinski definition) is 1. The number of nitrogens with two attached hydrogens (primary N) is 1. The number of hydrogen-bond acceptors (Lipinski definition) is 6. The van der Waals surface area contributed by atoms with Crippen LogP contribution in [-0.2, 0) is 0 Å². The van der Waals surface area contributed by atoms with Crippen LogP contribution >= 0.6 is 11.6 Å². The van der Waals surface area contributed by atoms with Gasteiger partial charge in [0.2, 0.25) is 6.79 Å². The number of aromatic nitrogens is 1. The average molecular weight is 269 g/mol. The first kappa shape index (κ1) is 11.0. The van der Waals surface area contributed by atoms with Gasteiger partial charge in [-0.25, -0.2) is 0 Å². The summed E-state index contributed by atoms with van der Waals surface area (Å²) in [5, 5.41) is 3.95. The zero-order valence-electron chi connectivity index (χ0n) is 9.40. The van der Waals surface area contributed by atoms with E-state index in [0.717, 1.165) is 0 Å². The maximum atomic E-state index is 6.19. The number of nitrogen functional groups attached to an aromatic ring is 1. The third kappa shape index (κ3) is 1.53.